The van der Waals surface area contributed by atoms with Crippen molar-refractivity contribution in [2.24, 2.45) is 0 Å². The average molecular weight is 463 g/mol. The van der Waals surface area contributed by atoms with E-state index < -0.39 is 11.6 Å². The first kappa shape index (κ1) is 26.1. The molecule has 3 rings (SSSR count). The molecule has 0 aliphatic heterocycles. The van der Waals surface area contributed by atoms with Gasteiger partial charge in [-0.1, -0.05) is 113 Å². The number of halogens is 2. The van der Waals surface area contributed by atoms with E-state index in [1.54, 1.807) is 12.1 Å². The number of benzene rings is 3. The topological polar surface area (TPSA) is 0 Å². The highest BCUT2D eigenvalue weighted by atomic mass is 19.2. The van der Waals surface area contributed by atoms with Gasteiger partial charge in [0.2, 0.25) is 0 Å². The van der Waals surface area contributed by atoms with Gasteiger partial charge >= 0.3 is 0 Å². The Hall–Kier alpha value is -2.48. The van der Waals surface area contributed by atoms with Crippen LogP contribution in [0.4, 0.5) is 8.78 Å². The van der Waals surface area contributed by atoms with Gasteiger partial charge in [-0.3, -0.25) is 0 Å². The lowest BCUT2D eigenvalue weighted by molar-refractivity contribution is 0.501. The van der Waals surface area contributed by atoms with Crippen LogP contribution in [0, 0.1) is 11.6 Å². The third-order valence-corrected chi connectivity index (χ3v) is 6.77. The van der Waals surface area contributed by atoms with Gasteiger partial charge < -0.3 is 0 Å². The average Bonchev–Trinajstić information content (AvgIpc) is 2.86. The fourth-order valence-electron chi connectivity index (χ4n) is 4.52. The van der Waals surface area contributed by atoms with Gasteiger partial charge in [0.15, 0.2) is 11.6 Å². The number of hydrogen-bond acceptors (Lipinski definition) is 0. The van der Waals surface area contributed by atoms with Crippen molar-refractivity contribution in [3.05, 3.63) is 94.6 Å². The van der Waals surface area contributed by atoms with E-state index in [-0.39, 0.29) is 0 Å². The van der Waals surface area contributed by atoms with Crippen LogP contribution in [0.25, 0.3) is 11.1 Å². The van der Waals surface area contributed by atoms with Crippen molar-refractivity contribution < 1.29 is 8.78 Å². The molecule has 182 valence electrons. The molecule has 3 aromatic rings. The predicted octanol–water partition coefficient (Wildman–Crippen LogP) is 9.66. The van der Waals surface area contributed by atoms with Crippen molar-refractivity contribution in [2.75, 3.05) is 0 Å². The first-order chi connectivity index (χ1) is 16.6. The summed E-state index contributed by atoms with van der Waals surface area (Å²) in [7, 11) is 0. The van der Waals surface area contributed by atoms with Crippen LogP contribution in [0.2, 0.25) is 0 Å². The van der Waals surface area contributed by atoms with E-state index in [0.717, 1.165) is 30.4 Å². The predicted molar refractivity (Wildman–Crippen MR) is 141 cm³/mol. The van der Waals surface area contributed by atoms with Crippen molar-refractivity contribution in [1.29, 1.82) is 0 Å². The Labute approximate surface area is 205 Å². The van der Waals surface area contributed by atoms with Gasteiger partial charge in [0.1, 0.15) is 0 Å². The van der Waals surface area contributed by atoms with Gasteiger partial charge in [-0.05, 0) is 66.3 Å². The highest BCUT2D eigenvalue weighted by molar-refractivity contribution is 5.65. The van der Waals surface area contributed by atoms with Crippen LogP contribution in [0.1, 0.15) is 87.5 Å². The summed E-state index contributed by atoms with van der Waals surface area (Å²) in [4.78, 5) is 0. The fraction of sp³-hybridized carbons (Fsp3) is 0.438. The van der Waals surface area contributed by atoms with Gasteiger partial charge in [0.05, 0.1) is 0 Å². The Kier molecular flexibility index (Phi) is 10.8. The Morgan fingerprint density at radius 2 is 0.971 bits per heavy atom. The molecular formula is C32H40F2. The van der Waals surface area contributed by atoms with E-state index in [1.807, 2.05) is 24.3 Å². The minimum Gasteiger partial charge on any atom is -0.203 e. The Balaban J connectivity index is 1.56. The van der Waals surface area contributed by atoms with Crippen molar-refractivity contribution >= 4 is 0 Å². The van der Waals surface area contributed by atoms with Gasteiger partial charge in [-0.15, -0.1) is 0 Å². The van der Waals surface area contributed by atoms with E-state index >= 15 is 0 Å². The normalized spacial score (nSPS) is 11.2. The van der Waals surface area contributed by atoms with Crippen LogP contribution in [0.15, 0.2) is 60.7 Å². The molecule has 0 amide bonds. The molecule has 2 heteroatoms. The van der Waals surface area contributed by atoms with Crippen LogP contribution < -0.4 is 0 Å². The molecule has 0 N–H and O–H groups in total. The number of hydrogen-bond donors (Lipinski definition) is 0. The standard InChI is InChI=1S/C32H40F2/c1-3-5-7-8-10-12-25-13-15-27(16-14-25)19-22-29-23-24-30(32(34)31(29)33)28-20-17-26(18-21-28)11-9-6-4-2/h13-18,20-21,23-24H,3-12,19,22H2,1-2H3. The smallest absolute Gasteiger partial charge is 0.166 e. The monoisotopic (exact) mass is 462 g/mol. The maximum atomic E-state index is 14.9. The van der Waals surface area contributed by atoms with E-state index in [9.17, 15) is 8.78 Å². The molecule has 34 heavy (non-hydrogen) atoms. The number of aryl methyl sites for hydroxylation is 4. The zero-order valence-corrected chi connectivity index (χ0v) is 21.0. The van der Waals surface area contributed by atoms with E-state index in [4.69, 9.17) is 0 Å². The number of unbranched alkanes of at least 4 members (excludes halogenated alkanes) is 6. The first-order valence-electron chi connectivity index (χ1n) is 13.3. The van der Waals surface area contributed by atoms with Crippen LogP contribution in [0.3, 0.4) is 0 Å². The molecule has 0 aromatic heterocycles. The fourth-order valence-corrected chi connectivity index (χ4v) is 4.52. The summed E-state index contributed by atoms with van der Waals surface area (Å²) in [6.07, 6.45) is 13.4. The highest BCUT2D eigenvalue weighted by Crippen LogP contribution is 2.28. The quantitative estimate of drug-likeness (QED) is 0.209. The molecular weight excluding hydrogens is 422 g/mol. The molecule has 0 aliphatic carbocycles. The van der Waals surface area contributed by atoms with Gasteiger partial charge in [-0.25, -0.2) is 8.78 Å². The summed E-state index contributed by atoms with van der Waals surface area (Å²) in [5, 5.41) is 0. The van der Waals surface area contributed by atoms with Crippen molar-refractivity contribution in [3.8, 4) is 11.1 Å². The highest BCUT2D eigenvalue weighted by Gasteiger charge is 2.15. The van der Waals surface area contributed by atoms with Crippen LogP contribution in [-0.4, -0.2) is 0 Å². The molecule has 0 bridgehead atoms. The van der Waals surface area contributed by atoms with Crippen molar-refractivity contribution in [1.82, 2.24) is 0 Å². The summed E-state index contributed by atoms with van der Waals surface area (Å²) in [5.74, 6) is -1.46. The van der Waals surface area contributed by atoms with Crippen molar-refractivity contribution in [2.45, 2.75) is 90.9 Å². The maximum absolute atomic E-state index is 14.9. The molecule has 0 fully saturated rings. The van der Waals surface area contributed by atoms with E-state index in [2.05, 4.69) is 38.1 Å². The molecule has 0 aliphatic rings. The van der Waals surface area contributed by atoms with Gasteiger partial charge in [-0.2, -0.15) is 0 Å². The zero-order valence-electron chi connectivity index (χ0n) is 21.0. The zero-order chi connectivity index (χ0) is 24.2. The third-order valence-electron chi connectivity index (χ3n) is 6.77. The van der Waals surface area contributed by atoms with E-state index in [1.165, 1.54) is 56.1 Å². The summed E-state index contributed by atoms with van der Waals surface area (Å²) in [6.45, 7) is 4.43. The summed E-state index contributed by atoms with van der Waals surface area (Å²) in [5.41, 5.74) is 5.28. The van der Waals surface area contributed by atoms with Crippen LogP contribution in [-0.2, 0) is 25.7 Å². The SMILES string of the molecule is CCCCCCCc1ccc(CCc2ccc(-c3ccc(CCCCC)cc3)c(F)c2F)cc1. The van der Waals surface area contributed by atoms with Gasteiger partial charge in [0, 0.05) is 5.56 Å². The molecule has 3 aromatic carbocycles. The van der Waals surface area contributed by atoms with Gasteiger partial charge in [0.25, 0.3) is 0 Å². The number of rotatable bonds is 14. The van der Waals surface area contributed by atoms with E-state index in [0.29, 0.717) is 24.0 Å². The largest absolute Gasteiger partial charge is 0.203 e. The molecule has 0 heterocycles. The second-order valence-electron chi connectivity index (χ2n) is 9.53. The minimum absolute atomic E-state index is 0.338. The molecule has 0 atom stereocenters. The lowest BCUT2D eigenvalue weighted by Crippen LogP contribution is -2.00. The second kappa shape index (κ2) is 14.0. The molecule has 0 saturated heterocycles. The Morgan fingerprint density at radius 3 is 1.59 bits per heavy atom. The molecule has 0 saturated carbocycles. The Morgan fingerprint density at radius 1 is 0.471 bits per heavy atom. The summed E-state index contributed by atoms with van der Waals surface area (Å²) in [6, 6.07) is 20.0. The molecule has 0 unspecified atom stereocenters. The molecule has 0 spiro atoms. The second-order valence-corrected chi connectivity index (χ2v) is 9.53. The molecule has 0 nitrogen and oxygen atoms in total. The molecule has 0 radical (unpaired) electrons. The lowest BCUT2D eigenvalue weighted by Gasteiger charge is -2.10. The first-order valence-corrected chi connectivity index (χ1v) is 13.3. The minimum atomic E-state index is -0.741. The summed E-state index contributed by atoms with van der Waals surface area (Å²) < 4.78 is 29.7. The van der Waals surface area contributed by atoms with Crippen LogP contribution >= 0.6 is 0 Å². The Bertz CT molecular complexity index is 987. The third kappa shape index (κ3) is 7.79. The van der Waals surface area contributed by atoms with Crippen molar-refractivity contribution in [3.63, 3.8) is 0 Å². The lowest BCUT2D eigenvalue weighted by atomic mass is 9.97. The van der Waals surface area contributed by atoms with Crippen LogP contribution in [0.5, 0.6) is 0 Å². The maximum Gasteiger partial charge on any atom is 0.166 e. The summed E-state index contributed by atoms with van der Waals surface area (Å²) >= 11 is 0.